The second-order valence-corrected chi connectivity index (χ2v) is 5.72. The predicted molar refractivity (Wildman–Crippen MR) is 80.9 cm³/mol. The van der Waals surface area contributed by atoms with Crippen LogP contribution in [-0.4, -0.2) is 11.1 Å². The minimum Gasteiger partial charge on any atom is -0.289 e. The van der Waals surface area contributed by atoms with Crippen LogP contribution in [0.3, 0.4) is 0 Å². The van der Waals surface area contributed by atoms with Crippen molar-refractivity contribution in [2.45, 2.75) is 24.0 Å². The summed E-state index contributed by atoms with van der Waals surface area (Å²) in [6.07, 6.45) is 0. The standard InChI is InChI=1S/C16H17NO2S/c1-11-7-6-8-12(2)14(11)20-15(16(18)17-19)13-9-4-3-5-10-13/h3-10,15,19H,1-2H3,(H,17,18). The predicted octanol–water partition coefficient (Wildman–Crippen LogP) is 3.64. The molecule has 0 aliphatic carbocycles. The first-order valence-electron chi connectivity index (χ1n) is 6.35. The molecule has 0 radical (unpaired) electrons. The minimum atomic E-state index is -0.471. The Kier molecular flexibility index (Phi) is 4.82. The maximum Gasteiger partial charge on any atom is 0.261 e. The van der Waals surface area contributed by atoms with Crippen LogP contribution in [-0.2, 0) is 4.79 Å². The van der Waals surface area contributed by atoms with Crippen LogP contribution in [0.15, 0.2) is 53.4 Å². The number of hydrogen-bond acceptors (Lipinski definition) is 3. The fourth-order valence-electron chi connectivity index (χ4n) is 2.06. The third-order valence-corrected chi connectivity index (χ3v) is 4.70. The van der Waals surface area contributed by atoms with E-state index in [1.807, 2.05) is 62.4 Å². The molecule has 0 saturated carbocycles. The van der Waals surface area contributed by atoms with Crippen LogP contribution in [0.5, 0.6) is 0 Å². The first-order chi connectivity index (χ1) is 9.63. The Morgan fingerprint density at radius 2 is 1.65 bits per heavy atom. The molecule has 0 spiro atoms. The van der Waals surface area contributed by atoms with Gasteiger partial charge in [-0.2, -0.15) is 0 Å². The van der Waals surface area contributed by atoms with Crippen LogP contribution in [0.25, 0.3) is 0 Å². The van der Waals surface area contributed by atoms with Crippen molar-refractivity contribution in [2.24, 2.45) is 0 Å². The van der Waals surface area contributed by atoms with Crippen molar-refractivity contribution in [2.75, 3.05) is 0 Å². The number of carbonyl (C=O) groups is 1. The lowest BCUT2D eigenvalue weighted by molar-refractivity contribution is -0.128. The van der Waals surface area contributed by atoms with Gasteiger partial charge in [-0.05, 0) is 30.5 Å². The zero-order chi connectivity index (χ0) is 14.5. The summed E-state index contributed by atoms with van der Waals surface area (Å²) in [6, 6.07) is 15.5. The van der Waals surface area contributed by atoms with Gasteiger partial charge in [0, 0.05) is 4.90 Å². The SMILES string of the molecule is Cc1cccc(C)c1SC(C(=O)NO)c1ccccc1. The molecule has 1 amide bonds. The van der Waals surface area contributed by atoms with Crippen molar-refractivity contribution in [3.8, 4) is 0 Å². The Bertz CT molecular complexity index is 578. The van der Waals surface area contributed by atoms with Gasteiger partial charge in [0.05, 0.1) is 0 Å². The molecule has 104 valence electrons. The summed E-state index contributed by atoms with van der Waals surface area (Å²) >= 11 is 1.46. The highest BCUT2D eigenvalue weighted by Gasteiger charge is 2.22. The number of amides is 1. The van der Waals surface area contributed by atoms with E-state index in [0.717, 1.165) is 21.6 Å². The molecule has 0 bridgehead atoms. The van der Waals surface area contributed by atoms with E-state index in [2.05, 4.69) is 0 Å². The van der Waals surface area contributed by atoms with Crippen LogP contribution >= 0.6 is 11.8 Å². The fourth-order valence-corrected chi connectivity index (χ4v) is 3.26. The zero-order valence-corrected chi connectivity index (χ0v) is 12.3. The van der Waals surface area contributed by atoms with E-state index in [-0.39, 0.29) is 0 Å². The van der Waals surface area contributed by atoms with Crippen molar-refractivity contribution in [3.63, 3.8) is 0 Å². The molecule has 2 rings (SSSR count). The quantitative estimate of drug-likeness (QED) is 0.513. The Hall–Kier alpha value is -1.78. The normalized spacial score (nSPS) is 11.9. The lowest BCUT2D eigenvalue weighted by Gasteiger charge is -2.17. The van der Waals surface area contributed by atoms with Crippen LogP contribution in [0, 0.1) is 13.8 Å². The highest BCUT2D eigenvalue weighted by Crippen LogP contribution is 2.38. The molecule has 0 aliphatic rings. The molecule has 3 nitrogen and oxygen atoms in total. The van der Waals surface area contributed by atoms with Gasteiger partial charge in [-0.15, -0.1) is 11.8 Å². The number of hydroxylamine groups is 1. The molecule has 4 heteroatoms. The molecule has 1 unspecified atom stereocenters. The Morgan fingerprint density at radius 1 is 1.05 bits per heavy atom. The number of rotatable bonds is 4. The van der Waals surface area contributed by atoms with E-state index in [1.54, 1.807) is 5.48 Å². The molecule has 0 aromatic heterocycles. The summed E-state index contributed by atoms with van der Waals surface area (Å²) in [5, 5.41) is 8.50. The monoisotopic (exact) mass is 287 g/mol. The van der Waals surface area contributed by atoms with Crippen molar-refractivity contribution in [1.29, 1.82) is 0 Å². The van der Waals surface area contributed by atoms with Gasteiger partial charge in [-0.1, -0.05) is 48.5 Å². The Morgan fingerprint density at radius 3 is 2.20 bits per heavy atom. The van der Waals surface area contributed by atoms with Crippen molar-refractivity contribution < 1.29 is 10.0 Å². The van der Waals surface area contributed by atoms with Crippen molar-refractivity contribution >= 4 is 17.7 Å². The van der Waals surface area contributed by atoms with Gasteiger partial charge in [0.1, 0.15) is 5.25 Å². The van der Waals surface area contributed by atoms with Crippen LogP contribution < -0.4 is 5.48 Å². The highest BCUT2D eigenvalue weighted by atomic mass is 32.2. The molecule has 20 heavy (non-hydrogen) atoms. The summed E-state index contributed by atoms with van der Waals surface area (Å²) in [5.41, 5.74) is 4.88. The third-order valence-electron chi connectivity index (χ3n) is 3.10. The molecule has 2 aromatic carbocycles. The lowest BCUT2D eigenvalue weighted by atomic mass is 10.1. The van der Waals surface area contributed by atoms with Gasteiger partial charge in [-0.25, -0.2) is 5.48 Å². The molecule has 0 saturated heterocycles. The summed E-state index contributed by atoms with van der Waals surface area (Å²) in [7, 11) is 0. The van der Waals surface area contributed by atoms with Gasteiger partial charge in [0.15, 0.2) is 0 Å². The fraction of sp³-hybridized carbons (Fsp3) is 0.188. The van der Waals surface area contributed by atoms with Gasteiger partial charge < -0.3 is 0 Å². The van der Waals surface area contributed by atoms with Crippen LogP contribution in [0.1, 0.15) is 21.9 Å². The first-order valence-corrected chi connectivity index (χ1v) is 7.23. The van der Waals surface area contributed by atoms with Crippen molar-refractivity contribution in [1.82, 2.24) is 5.48 Å². The Labute approximate surface area is 123 Å². The summed E-state index contributed by atoms with van der Waals surface area (Å²) in [4.78, 5) is 13.0. The number of carbonyl (C=O) groups excluding carboxylic acids is 1. The third kappa shape index (κ3) is 3.21. The second kappa shape index (κ2) is 6.59. The molecule has 1 atom stereocenters. The molecular weight excluding hydrogens is 270 g/mol. The average molecular weight is 287 g/mol. The minimum absolute atomic E-state index is 0.413. The summed E-state index contributed by atoms with van der Waals surface area (Å²) in [5.74, 6) is -0.413. The van der Waals surface area contributed by atoms with Crippen LogP contribution in [0.2, 0.25) is 0 Å². The molecule has 2 aromatic rings. The maximum absolute atomic E-state index is 12.0. The number of hydrogen-bond donors (Lipinski definition) is 2. The lowest BCUT2D eigenvalue weighted by Crippen LogP contribution is -2.24. The van der Waals surface area contributed by atoms with E-state index in [4.69, 9.17) is 5.21 Å². The number of nitrogens with one attached hydrogen (secondary N) is 1. The summed E-state index contributed by atoms with van der Waals surface area (Å²) in [6.45, 7) is 4.04. The van der Waals surface area contributed by atoms with Gasteiger partial charge in [-0.3, -0.25) is 10.0 Å². The van der Waals surface area contributed by atoms with Gasteiger partial charge in [0.25, 0.3) is 5.91 Å². The maximum atomic E-state index is 12.0. The first kappa shape index (κ1) is 14.6. The molecule has 0 aliphatic heterocycles. The largest absolute Gasteiger partial charge is 0.289 e. The zero-order valence-electron chi connectivity index (χ0n) is 11.5. The Balaban J connectivity index is 2.37. The van der Waals surface area contributed by atoms with Crippen molar-refractivity contribution in [3.05, 3.63) is 65.2 Å². The van der Waals surface area contributed by atoms with E-state index >= 15 is 0 Å². The smallest absolute Gasteiger partial charge is 0.261 e. The van der Waals surface area contributed by atoms with Gasteiger partial charge >= 0.3 is 0 Å². The number of benzene rings is 2. The number of aryl methyl sites for hydroxylation is 2. The topological polar surface area (TPSA) is 49.3 Å². The molecule has 0 fully saturated rings. The summed E-state index contributed by atoms with van der Waals surface area (Å²) < 4.78 is 0. The molecule has 0 heterocycles. The van der Waals surface area contributed by atoms with E-state index in [9.17, 15) is 4.79 Å². The van der Waals surface area contributed by atoms with Crippen LogP contribution in [0.4, 0.5) is 0 Å². The molecular formula is C16H17NO2S. The highest BCUT2D eigenvalue weighted by molar-refractivity contribution is 8.00. The average Bonchev–Trinajstić information content (AvgIpc) is 2.47. The van der Waals surface area contributed by atoms with E-state index in [1.165, 1.54) is 11.8 Å². The second-order valence-electron chi connectivity index (χ2n) is 4.61. The molecule has 2 N–H and O–H groups in total. The van der Waals surface area contributed by atoms with Gasteiger partial charge in [0.2, 0.25) is 0 Å². The van der Waals surface area contributed by atoms with E-state index in [0.29, 0.717) is 0 Å². The number of thioether (sulfide) groups is 1. The van der Waals surface area contributed by atoms with E-state index < -0.39 is 11.2 Å².